The molecule has 2 heteroatoms. The van der Waals surface area contributed by atoms with Gasteiger partial charge in [0, 0.05) is 18.1 Å². The van der Waals surface area contributed by atoms with Crippen LogP contribution in [0.15, 0.2) is 30.3 Å². The lowest BCUT2D eigenvalue weighted by Gasteiger charge is -2.48. The summed E-state index contributed by atoms with van der Waals surface area (Å²) in [6, 6.07) is 11.4. The highest BCUT2D eigenvalue weighted by Gasteiger charge is 2.39. The second-order valence-electron chi connectivity index (χ2n) is 6.11. The van der Waals surface area contributed by atoms with Crippen molar-refractivity contribution >= 4 is 0 Å². The van der Waals surface area contributed by atoms with Crippen LogP contribution in [0.25, 0.3) is 0 Å². The van der Waals surface area contributed by atoms with Crippen molar-refractivity contribution in [2.75, 3.05) is 20.6 Å². The summed E-state index contributed by atoms with van der Waals surface area (Å²) in [5, 5.41) is 3.82. The van der Waals surface area contributed by atoms with E-state index in [0.717, 1.165) is 6.54 Å². The predicted molar refractivity (Wildman–Crippen MR) is 82.4 cm³/mol. The molecule has 1 aromatic carbocycles. The molecule has 1 fully saturated rings. The van der Waals surface area contributed by atoms with E-state index < -0.39 is 0 Å². The third-order valence-electron chi connectivity index (χ3n) is 4.69. The normalized spacial score (nSPS) is 19.2. The minimum absolute atomic E-state index is 0.404. The van der Waals surface area contributed by atoms with Crippen LogP contribution >= 0.6 is 0 Å². The molecular weight excluding hydrogens is 232 g/mol. The lowest BCUT2D eigenvalue weighted by molar-refractivity contribution is 0.0567. The second-order valence-corrected chi connectivity index (χ2v) is 6.11. The van der Waals surface area contributed by atoms with Gasteiger partial charge in [0.15, 0.2) is 0 Å². The van der Waals surface area contributed by atoms with Gasteiger partial charge in [0.2, 0.25) is 0 Å². The lowest BCUT2D eigenvalue weighted by Crippen LogP contribution is -2.56. The van der Waals surface area contributed by atoms with Crippen LogP contribution in [-0.2, 0) is 0 Å². The van der Waals surface area contributed by atoms with Crippen LogP contribution in [0.2, 0.25) is 0 Å². The minimum Gasteiger partial charge on any atom is -0.308 e. The van der Waals surface area contributed by atoms with Crippen LogP contribution in [0.3, 0.4) is 0 Å². The molecule has 2 nitrogen and oxygen atoms in total. The highest BCUT2D eigenvalue weighted by Crippen LogP contribution is 2.36. The van der Waals surface area contributed by atoms with Crippen LogP contribution in [0.1, 0.15) is 50.6 Å². The van der Waals surface area contributed by atoms with Gasteiger partial charge in [-0.25, -0.2) is 0 Å². The topological polar surface area (TPSA) is 15.3 Å². The Kier molecular flexibility index (Phi) is 5.00. The van der Waals surface area contributed by atoms with Crippen LogP contribution in [0, 0.1) is 0 Å². The molecule has 106 valence electrons. The first-order valence-corrected chi connectivity index (χ1v) is 7.64. The van der Waals surface area contributed by atoms with E-state index in [1.165, 1.54) is 37.7 Å². The first-order chi connectivity index (χ1) is 9.18. The molecule has 0 bridgehead atoms. The second kappa shape index (κ2) is 6.53. The van der Waals surface area contributed by atoms with Crippen molar-refractivity contribution in [2.24, 2.45) is 0 Å². The van der Waals surface area contributed by atoms with Gasteiger partial charge in [0.05, 0.1) is 0 Å². The smallest absolute Gasteiger partial charge is 0.0328 e. The monoisotopic (exact) mass is 260 g/mol. The van der Waals surface area contributed by atoms with E-state index >= 15 is 0 Å². The molecule has 1 N–H and O–H groups in total. The number of hydrogen-bond donors (Lipinski definition) is 1. The maximum Gasteiger partial charge on any atom is 0.0328 e. The molecule has 0 saturated heterocycles. The SMILES string of the molecule is CCCC(NCC1(N(C)C)CCC1)c1ccccc1. The predicted octanol–water partition coefficient (Wildman–Crippen LogP) is 3.60. The maximum absolute atomic E-state index is 3.82. The fourth-order valence-electron chi connectivity index (χ4n) is 3.04. The van der Waals surface area contributed by atoms with E-state index in [-0.39, 0.29) is 0 Å². The first kappa shape index (κ1) is 14.5. The molecule has 1 aliphatic rings. The van der Waals surface area contributed by atoms with E-state index in [2.05, 4.69) is 61.6 Å². The molecule has 0 aromatic heterocycles. The molecule has 1 unspecified atom stereocenters. The summed E-state index contributed by atoms with van der Waals surface area (Å²) in [6.07, 6.45) is 6.49. The van der Waals surface area contributed by atoms with Crippen LogP contribution in [0.4, 0.5) is 0 Å². The molecule has 19 heavy (non-hydrogen) atoms. The van der Waals surface area contributed by atoms with Gasteiger partial charge >= 0.3 is 0 Å². The number of nitrogens with one attached hydrogen (secondary N) is 1. The molecule has 0 spiro atoms. The van der Waals surface area contributed by atoms with Gasteiger partial charge in [0.1, 0.15) is 0 Å². The number of hydrogen-bond acceptors (Lipinski definition) is 2. The third kappa shape index (κ3) is 3.37. The Morgan fingerprint density at radius 1 is 1.21 bits per heavy atom. The molecule has 0 radical (unpaired) electrons. The van der Waals surface area contributed by atoms with E-state index in [0.29, 0.717) is 11.6 Å². The van der Waals surface area contributed by atoms with E-state index in [1.54, 1.807) is 0 Å². The summed E-state index contributed by atoms with van der Waals surface area (Å²) in [5.74, 6) is 0. The van der Waals surface area contributed by atoms with Crippen molar-refractivity contribution in [2.45, 2.75) is 50.6 Å². The van der Waals surface area contributed by atoms with E-state index in [4.69, 9.17) is 0 Å². The Balaban J connectivity index is 1.98. The van der Waals surface area contributed by atoms with Gasteiger partial charge in [-0.1, -0.05) is 43.7 Å². The summed E-state index contributed by atoms with van der Waals surface area (Å²) in [6.45, 7) is 3.38. The summed E-state index contributed by atoms with van der Waals surface area (Å²) in [4.78, 5) is 2.41. The Bertz CT molecular complexity index is 368. The maximum atomic E-state index is 3.82. The zero-order valence-corrected chi connectivity index (χ0v) is 12.7. The largest absolute Gasteiger partial charge is 0.308 e. The number of benzene rings is 1. The van der Waals surface area contributed by atoms with Gasteiger partial charge in [-0.3, -0.25) is 0 Å². The van der Waals surface area contributed by atoms with Gasteiger partial charge < -0.3 is 10.2 Å². The Morgan fingerprint density at radius 3 is 2.37 bits per heavy atom. The summed E-state index contributed by atoms with van der Waals surface area (Å²) >= 11 is 0. The summed E-state index contributed by atoms with van der Waals surface area (Å²) < 4.78 is 0. The van der Waals surface area contributed by atoms with Gasteiger partial charge in [-0.15, -0.1) is 0 Å². The standard InChI is InChI=1S/C17H28N2/c1-4-9-16(15-10-6-5-7-11-15)18-14-17(19(2)3)12-8-13-17/h5-7,10-11,16,18H,4,8-9,12-14H2,1-3H3. The average molecular weight is 260 g/mol. The Hall–Kier alpha value is -0.860. The quantitative estimate of drug-likeness (QED) is 0.806. The van der Waals surface area contributed by atoms with Gasteiger partial charge in [-0.05, 0) is 45.3 Å². The van der Waals surface area contributed by atoms with Crippen molar-refractivity contribution in [1.29, 1.82) is 0 Å². The number of rotatable bonds is 7. The zero-order valence-electron chi connectivity index (χ0n) is 12.7. The highest BCUT2D eigenvalue weighted by atomic mass is 15.2. The minimum atomic E-state index is 0.404. The molecule has 1 aliphatic carbocycles. The molecule has 0 amide bonds. The molecular formula is C17H28N2. The van der Waals surface area contributed by atoms with Crippen LogP contribution in [0.5, 0.6) is 0 Å². The lowest BCUT2D eigenvalue weighted by atomic mass is 9.75. The van der Waals surface area contributed by atoms with E-state index in [1.807, 2.05) is 0 Å². The molecule has 1 atom stereocenters. The average Bonchev–Trinajstić information content (AvgIpc) is 2.37. The molecule has 0 heterocycles. The van der Waals surface area contributed by atoms with Gasteiger partial charge in [-0.2, -0.15) is 0 Å². The van der Waals surface area contributed by atoms with Gasteiger partial charge in [0.25, 0.3) is 0 Å². The first-order valence-electron chi connectivity index (χ1n) is 7.64. The highest BCUT2D eigenvalue weighted by molar-refractivity contribution is 5.19. The Morgan fingerprint density at radius 2 is 1.89 bits per heavy atom. The summed E-state index contributed by atoms with van der Waals surface area (Å²) in [7, 11) is 4.44. The zero-order chi connectivity index (χ0) is 13.7. The third-order valence-corrected chi connectivity index (χ3v) is 4.69. The fraction of sp³-hybridized carbons (Fsp3) is 0.647. The molecule has 2 rings (SSSR count). The molecule has 1 aromatic rings. The van der Waals surface area contributed by atoms with E-state index in [9.17, 15) is 0 Å². The van der Waals surface area contributed by atoms with Crippen molar-refractivity contribution in [3.63, 3.8) is 0 Å². The van der Waals surface area contributed by atoms with Crippen molar-refractivity contribution in [3.05, 3.63) is 35.9 Å². The fourth-order valence-corrected chi connectivity index (χ4v) is 3.04. The molecule has 0 aliphatic heterocycles. The molecule has 1 saturated carbocycles. The van der Waals surface area contributed by atoms with Crippen LogP contribution in [-0.4, -0.2) is 31.1 Å². The van der Waals surface area contributed by atoms with Crippen molar-refractivity contribution < 1.29 is 0 Å². The number of likely N-dealkylation sites (N-methyl/N-ethyl adjacent to an activating group) is 1. The van der Waals surface area contributed by atoms with Crippen LogP contribution < -0.4 is 5.32 Å². The summed E-state index contributed by atoms with van der Waals surface area (Å²) in [5.41, 5.74) is 1.83. The van der Waals surface area contributed by atoms with Crippen molar-refractivity contribution in [3.8, 4) is 0 Å². The number of nitrogens with zero attached hydrogens (tertiary/aromatic N) is 1. The Labute approximate surface area is 118 Å². The van der Waals surface area contributed by atoms with Crippen molar-refractivity contribution in [1.82, 2.24) is 10.2 Å².